The molecule has 0 N–H and O–H groups in total. The Hall–Kier alpha value is -7.02. The maximum Gasteiger partial charge on any atom is 0.202 e. The van der Waals surface area contributed by atoms with E-state index in [1.165, 1.54) is 36.4 Å². The van der Waals surface area contributed by atoms with Crippen LogP contribution < -0.4 is 14.2 Å². The molecule has 0 unspecified atom stereocenters. The van der Waals surface area contributed by atoms with Crippen LogP contribution in [0.15, 0.2) is 109 Å². The third kappa shape index (κ3) is 6.87. The molecular weight excluding hydrogens is 690 g/mol. The van der Waals surface area contributed by atoms with Crippen LogP contribution in [0.1, 0.15) is 40.3 Å². The zero-order valence-electron chi connectivity index (χ0n) is 27.6. The average molecular weight is 715 g/mol. The predicted molar refractivity (Wildman–Crippen MR) is 188 cm³/mol. The van der Waals surface area contributed by atoms with Gasteiger partial charge in [0.05, 0.1) is 16.7 Å². The number of halogens is 6. The molecule has 0 atom stereocenters. The van der Waals surface area contributed by atoms with Crippen LogP contribution >= 0.6 is 0 Å². The van der Waals surface area contributed by atoms with Crippen molar-refractivity contribution in [1.82, 2.24) is 0 Å². The normalized spacial score (nSPS) is 10.9. The fraction of sp³-hybridized carbons (Fsp3) is 0.0455. The smallest absolute Gasteiger partial charge is 0.202 e. The SMILES string of the molecule is C#Cc1ccc(Oc2ccc(C(C)(c3ccc(Oc4ccc(C#C)c(F)c4F)cc3)c3ccc(Oc4ccc(C#C)c(F)c4F)cc3)cc2)c(F)c1F. The minimum Gasteiger partial charge on any atom is -0.454 e. The van der Waals surface area contributed by atoms with Gasteiger partial charge in [-0.3, -0.25) is 0 Å². The van der Waals surface area contributed by atoms with E-state index in [4.69, 9.17) is 33.5 Å². The lowest BCUT2D eigenvalue weighted by Crippen LogP contribution is -2.25. The second kappa shape index (κ2) is 14.7. The molecule has 3 nitrogen and oxygen atoms in total. The Morgan fingerprint density at radius 2 is 0.623 bits per heavy atom. The first kappa shape index (κ1) is 35.8. The summed E-state index contributed by atoms with van der Waals surface area (Å²) < 4.78 is 104. The number of hydrogen-bond donors (Lipinski definition) is 0. The van der Waals surface area contributed by atoms with Gasteiger partial charge in [0.15, 0.2) is 34.7 Å². The van der Waals surface area contributed by atoms with Gasteiger partial charge in [-0.15, -0.1) is 19.3 Å². The standard InChI is InChI=1S/C44H24F6O3/c1-5-26-8-23-35(41(48)38(26)45)51-32-17-11-29(12-18-32)44(4,30-13-19-33(20-14-30)52-36-24-9-27(6-2)39(46)42(36)49)31-15-21-34(22-16-31)53-37-25-10-28(7-3)40(47)43(37)50/h1-3,8-25H,4H3. The second-order valence-corrected chi connectivity index (χ2v) is 11.7. The molecule has 0 aliphatic heterocycles. The fourth-order valence-electron chi connectivity index (χ4n) is 5.62. The minimum absolute atomic E-state index is 0.200. The number of rotatable bonds is 9. The highest BCUT2D eigenvalue weighted by Gasteiger charge is 2.32. The molecule has 260 valence electrons. The molecule has 0 saturated carbocycles. The Bertz CT molecular complexity index is 2190. The van der Waals surface area contributed by atoms with E-state index in [9.17, 15) is 26.3 Å². The lowest BCUT2D eigenvalue weighted by atomic mass is 9.71. The van der Waals surface area contributed by atoms with E-state index in [0.29, 0.717) is 16.7 Å². The molecule has 0 aliphatic rings. The number of hydrogen-bond acceptors (Lipinski definition) is 3. The van der Waals surface area contributed by atoms with Crippen molar-refractivity contribution in [3.05, 3.63) is 177 Å². The van der Waals surface area contributed by atoms with Gasteiger partial charge in [0.2, 0.25) is 17.5 Å². The van der Waals surface area contributed by atoms with Crippen LogP contribution in [0.3, 0.4) is 0 Å². The van der Waals surface area contributed by atoms with Crippen molar-refractivity contribution in [3.8, 4) is 71.5 Å². The molecule has 0 spiro atoms. The Kier molecular flexibility index (Phi) is 9.92. The van der Waals surface area contributed by atoms with Gasteiger partial charge in [0.25, 0.3) is 0 Å². The number of ether oxygens (including phenoxy) is 3. The van der Waals surface area contributed by atoms with E-state index in [0.717, 1.165) is 0 Å². The monoisotopic (exact) mass is 714 g/mol. The van der Waals surface area contributed by atoms with Crippen LogP contribution in [-0.2, 0) is 5.41 Å². The van der Waals surface area contributed by atoms with Crippen molar-refractivity contribution in [3.63, 3.8) is 0 Å². The van der Waals surface area contributed by atoms with E-state index in [2.05, 4.69) is 17.8 Å². The van der Waals surface area contributed by atoms with Crippen LogP contribution in [0.5, 0.6) is 34.5 Å². The van der Waals surface area contributed by atoms with Crippen molar-refractivity contribution in [2.45, 2.75) is 12.3 Å². The molecule has 0 aliphatic carbocycles. The Morgan fingerprint density at radius 3 is 0.849 bits per heavy atom. The number of terminal acetylenes is 3. The van der Waals surface area contributed by atoms with E-state index >= 15 is 0 Å². The largest absolute Gasteiger partial charge is 0.454 e. The minimum atomic E-state index is -1.23. The molecule has 6 aromatic rings. The summed E-state index contributed by atoms with van der Waals surface area (Å²) in [5.74, 6) is -1.60. The topological polar surface area (TPSA) is 27.7 Å². The summed E-state index contributed by atoms with van der Waals surface area (Å²) in [4.78, 5) is 0. The lowest BCUT2D eigenvalue weighted by Gasteiger charge is -2.32. The van der Waals surface area contributed by atoms with Crippen LogP contribution in [0.25, 0.3) is 0 Å². The Morgan fingerprint density at radius 1 is 0.377 bits per heavy atom. The molecule has 53 heavy (non-hydrogen) atoms. The van der Waals surface area contributed by atoms with Crippen LogP contribution in [0.4, 0.5) is 26.3 Å². The molecule has 0 radical (unpaired) electrons. The first-order chi connectivity index (χ1) is 25.5. The molecule has 0 heterocycles. The summed E-state index contributed by atoms with van der Waals surface area (Å²) in [6.07, 6.45) is 15.7. The first-order valence-electron chi connectivity index (χ1n) is 15.7. The van der Waals surface area contributed by atoms with Crippen LogP contribution in [0, 0.1) is 71.9 Å². The lowest BCUT2D eigenvalue weighted by molar-refractivity contribution is 0.415. The molecule has 0 aromatic heterocycles. The summed E-state index contributed by atoms with van der Waals surface area (Å²) in [6.45, 7) is 1.91. The zero-order chi connectivity index (χ0) is 37.9. The highest BCUT2D eigenvalue weighted by molar-refractivity contribution is 5.53. The van der Waals surface area contributed by atoms with Gasteiger partial charge in [-0.1, -0.05) is 54.2 Å². The quantitative estimate of drug-likeness (QED) is 0.0848. The van der Waals surface area contributed by atoms with Gasteiger partial charge < -0.3 is 14.2 Å². The highest BCUT2D eigenvalue weighted by Crippen LogP contribution is 2.42. The van der Waals surface area contributed by atoms with Gasteiger partial charge in [-0.25, -0.2) is 13.2 Å². The molecule has 0 amide bonds. The summed E-state index contributed by atoms with van der Waals surface area (Å²) in [5.41, 5.74) is 0.442. The molecule has 6 rings (SSSR count). The Labute approximate surface area is 301 Å². The van der Waals surface area contributed by atoms with Crippen molar-refractivity contribution in [2.75, 3.05) is 0 Å². The van der Waals surface area contributed by atoms with Crippen molar-refractivity contribution in [2.24, 2.45) is 0 Å². The molecular formula is C44H24F6O3. The van der Waals surface area contributed by atoms with Crippen molar-refractivity contribution >= 4 is 0 Å². The average Bonchev–Trinajstić information content (AvgIpc) is 3.18. The van der Waals surface area contributed by atoms with Crippen LogP contribution in [0.2, 0.25) is 0 Å². The van der Waals surface area contributed by atoms with Crippen LogP contribution in [-0.4, -0.2) is 0 Å². The maximum absolute atomic E-state index is 14.6. The predicted octanol–water partition coefficient (Wildman–Crippen LogP) is 11.2. The van der Waals surface area contributed by atoms with Crippen molar-refractivity contribution < 1.29 is 40.6 Å². The third-order valence-electron chi connectivity index (χ3n) is 8.59. The van der Waals surface area contributed by atoms with Gasteiger partial charge >= 0.3 is 0 Å². The summed E-state index contributed by atoms with van der Waals surface area (Å²) in [5, 5.41) is 0. The molecule has 6 aromatic carbocycles. The Balaban J connectivity index is 1.35. The van der Waals surface area contributed by atoms with Gasteiger partial charge in [-0.2, -0.15) is 13.2 Å². The second-order valence-electron chi connectivity index (χ2n) is 11.7. The molecule has 9 heteroatoms. The zero-order valence-corrected chi connectivity index (χ0v) is 27.6. The fourth-order valence-corrected chi connectivity index (χ4v) is 5.62. The van der Waals surface area contributed by atoms with Gasteiger partial charge in [0.1, 0.15) is 17.2 Å². The van der Waals surface area contributed by atoms with E-state index < -0.39 is 40.3 Å². The van der Waals surface area contributed by atoms with Gasteiger partial charge in [0, 0.05) is 5.41 Å². The number of benzene rings is 6. The summed E-state index contributed by atoms with van der Waals surface area (Å²) in [6, 6.07) is 27.2. The molecule has 0 fully saturated rings. The highest BCUT2D eigenvalue weighted by atomic mass is 19.2. The maximum atomic E-state index is 14.6. The van der Waals surface area contributed by atoms with Crippen molar-refractivity contribution in [1.29, 1.82) is 0 Å². The first-order valence-corrected chi connectivity index (χ1v) is 15.7. The summed E-state index contributed by atoms with van der Waals surface area (Å²) >= 11 is 0. The van der Waals surface area contributed by atoms with Gasteiger partial charge in [-0.05, 0) is 96.4 Å². The molecule has 0 bridgehead atoms. The third-order valence-corrected chi connectivity index (χ3v) is 8.59. The molecule has 0 saturated heterocycles. The van der Waals surface area contributed by atoms with E-state index in [1.807, 2.05) is 6.92 Å². The van der Waals surface area contributed by atoms with E-state index in [-0.39, 0.29) is 51.2 Å². The summed E-state index contributed by atoms with van der Waals surface area (Å²) in [7, 11) is 0. The van der Waals surface area contributed by atoms with E-state index in [1.54, 1.807) is 72.8 Å².